The second kappa shape index (κ2) is 3.94. The summed E-state index contributed by atoms with van der Waals surface area (Å²) in [5, 5.41) is 0.193. The van der Waals surface area contributed by atoms with Gasteiger partial charge in [-0.25, -0.2) is 0 Å². The van der Waals surface area contributed by atoms with E-state index in [-0.39, 0.29) is 5.25 Å². The smallest absolute Gasteiger partial charge is 0.0511 e. The van der Waals surface area contributed by atoms with Crippen LogP contribution in [0.2, 0.25) is 0 Å². The van der Waals surface area contributed by atoms with Crippen molar-refractivity contribution in [3.05, 3.63) is 11.0 Å². The van der Waals surface area contributed by atoms with E-state index in [2.05, 4.69) is 31.2 Å². The molecule has 44 valence electrons. The largest absolute Gasteiger partial charge is 0.172 e. The van der Waals surface area contributed by atoms with Gasteiger partial charge in [0.15, 0.2) is 0 Å². The molecular formula is C6H8S2. The highest BCUT2D eigenvalue weighted by Gasteiger charge is 1.86. The summed E-state index contributed by atoms with van der Waals surface area (Å²) < 4.78 is 0. The molecule has 0 aliphatic carbocycles. The van der Waals surface area contributed by atoms with Gasteiger partial charge < -0.3 is 0 Å². The lowest BCUT2D eigenvalue weighted by atomic mass is 10.4. The van der Waals surface area contributed by atoms with Crippen LogP contribution in [0.3, 0.4) is 0 Å². The first-order valence-electron chi connectivity index (χ1n) is 2.22. The third kappa shape index (κ3) is 4.17. The third-order valence-electron chi connectivity index (χ3n) is 0.547. The minimum absolute atomic E-state index is 0.193. The Labute approximate surface area is 61.2 Å². The minimum atomic E-state index is 0.193. The Morgan fingerprint density at radius 1 is 1.88 bits per heavy atom. The van der Waals surface area contributed by atoms with Crippen molar-refractivity contribution < 1.29 is 0 Å². The highest BCUT2D eigenvalue weighted by atomic mass is 32.1. The lowest BCUT2D eigenvalue weighted by molar-refractivity contribution is 1.26. The first kappa shape index (κ1) is 8.00. The van der Waals surface area contributed by atoms with Crippen LogP contribution in [0.1, 0.15) is 6.92 Å². The van der Waals surface area contributed by atoms with Gasteiger partial charge in [0.1, 0.15) is 0 Å². The van der Waals surface area contributed by atoms with Gasteiger partial charge in [-0.2, -0.15) is 12.6 Å². The van der Waals surface area contributed by atoms with Gasteiger partial charge >= 0.3 is 0 Å². The Morgan fingerprint density at radius 3 is 2.50 bits per heavy atom. The molecule has 0 amide bonds. The van der Waals surface area contributed by atoms with E-state index < -0.39 is 0 Å². The molecule has 8 heavy (non-hydrogen) atoms. The van der Waals surface area contributed by atoms with E-state index in [4.69, 9.17) is 6.42 Å². The number of terminal acetylenes is 1. The average molecular weight is 144 g/mol. The summed E-state index contributed by atoms with van der Waals surface area (Å²) in [5.41, 5.74) is 0. The second-order valence-electron chi connectivity index (χ2n) is 1.44. The molecule has 0 aliphatic heterocycles. The van der Waals surface area contributed by atoms with Crippen molar-refractivity contribution in [3.8, 4) is 12.3 Å². The van der Waals surface area contributed by atoms with Crippen molar-refractivity contribution in [1.29, 1.82) is 0 Å². The predicted octanol–water partition coefficient (Wildman–Crippen LogP) is 1.75. The molecule has 0 aromatic rings. The maximum absolute atomic E-state index is 4.99. The van der Waals surface area contributed by atoms with E-state index in [0.717, 1.165) is 0 Å². The van der Waals surface area contributed by atoms with Crippen molar-refractivity contribution >= 4 is 25.3 Å². The van der Waals surface area contributed by atoms with Crippen LogP contribution in [-0.2, 0) is 0 Å². The molecule has 0 N–H and O–H groups in total. The lowest BCUT2D eigenvalue weighted by Gasteiger charge is -1.91. The summed E-state index contributed by atoms with van der Waals surface area (Å²) in [6, 6.07) is 0. The Bertz CT molecular complexity index is 128. The fourth-order valence-electron chi connectivity index (χ4n) is 0.277. The Hall–Kier alpha value is -0.000000000000000111. The molecule has 0 aromatic carbocycles. The second-order valence-corrected chi connectivity index (χ2v) is 2.73. The van der Waals surface area contributed by atoms with Gasteiger partial charge in [0.2, 0.25) is 0 Å². The molecule has 0 rings (SSSR count). The highest BCUT2D eigenvalue weighted by Crippen LogP contribution is 2.03. The first-order valence-corrected chi connectivity index (χ1v) is 3.18. The average Bonchev–Trinajstić information content (AvgIpc) is 1.65. The van der Waals surface area contributed by atoms with Crippen LogP contribution >= 0.6 is 25.3 Å². The summed E-state index contributed by atoms with van der Waals surface area (Å²) in [6.45, 7) is 1.93. The summed E-state index contributed by atoms with van der Waals surface area (Å²) >= 11 is 8.02. The molecule has 0 bridgehead atoms. The van der Waals surface area contributed by atoms with Crippen molar-refractivity contribution in [3.63, 3.8) is 0 Å². The molecule has 0 radical (unpaired) electrons. The molecule has 0 aliphatic rings. The lowest BCUT2D eigenvalue weighted by Crippen LogP contribution is -1.81. The fraction of sp³-hybridized carbons (Fsp3) is 0.333. The SMILES string of the molecule is C#CC(S)=CC(C)S. The standard InChI is InChI=1S/C6H8S2/c1-3-6(8)4-5(2)7/h1,4-5,7-8H,2H3. The summed E-state index contributed by atoms with van der Waals surface area (Å²) in [6.07, 6.45) is 6.79. The molecule has 0 nitrogen and oxygen atoms in total. The van der Waals surface area contributed by atoms with E-state index in [9.17, 15) is 0 Å². The molecule has 1 unspecified atom stereocenters. The van der Waals surface area contributed by atoms with Gasteiger partial charge in [-0.05, 0) is 6.92 Å². The zero-order chi connectivity index (χ0) is 6.57. The minimum Gasteiger partial charge on any atom is -0.172 e. The van der Waals surface area contributed by atoms with Gasteiger partial charge in [0.25, 0.3) is 0 Å². The monoisotopic (exact) mass is 144 g/mol. The summed E-state index contributed by atoms with van der Waals surface area (Å²) in [7, 11) is 0. The molecule has 0 saturated heterocycles. The molecular weight excluding hydrogens is 136 g/mol. The van der Waals surface area contributed by atoms with Crippen molar-refractivity contribution in [2.24, 2.45) is 0 Å². The summed E-state index contributed by atoms with van der Waals surface area (Å²) in [5.74, 6) is 2.37. The predicted molar refractivity (Wildman–Crippen MR) is 44.4 cm³/mol. The molecule has 0 spiro atoms. The molecule has 0 saturated carbocycles. The molecule has 0 fully saturated rings. The molecule has 2 heteroatoms. The normalized spacial score (nSPS) is 15.0. The van der Waals surface area contributed by atoms with Gasteiger partial charge in [0.05, 0.1) is 4.91 Å². The van der Waals surface area contributed by atoms with E-state index in [1.807, 2.05) is 6.92 Å². The quantitative estimate of drug-likeness (QED) is 0.406. The first-order chi connectivity index (χ1) is 3.66. The van der Waals surface area contributed by atoms with Gasteiger partial charge in [-0.3, -0.25) is 0 Å². The molecule has 0 heterocycles. The van der Waals surface area contributed by atoms with E-state index in [0.29, 0.717) is 4.91 Å². The van der Waals surface area contributed by atoms with Crippen LogP contribution in [0.15, 0.2) is 11.0 Å². The van der Waals surface area contributed by atoms with Crippen LogP contribution in [0.5, 0.6) is 0 Å². The van der Waals surface area contributed by atoms with Crippen molar-refractivity contribution in [1.82, 2.24) is 0 Å². The maximum atomic E-state index is 4.99. The Kier molecular flexibility index (Phi) is 3.94. The number of hydrogen-bond acceptors (Lipinski definition) is 2. The van der Waals surface area contributed by atoms with Gasteiger partial charge in [0, 0.05) is 5.25 Å². The van der Waals surface area contributed by atoms with Crippen molar-refractivity contribution in [2.45, 2.75) is 12.2 Å². The number of rotatable bonds is 1. The number of thiol groups is 2. The zero-order valence-electron chi connectivity index (χ0n) is 4.63. The van der Waals surface area contributed by atoms with Crippen LogP contribution in [0.25, 0.3) is 0 Å². The fourth-order valence-corrected chi connectivity index (χ4v) is 0.767. The molecule has 0 aromatic heterocycles. The van der Waals surface area contributed by atoms with E-state index >= 15 is 0 Å². The van der Waals surface area contributed by atoms with E-state index in [1.165, 1.54) is 0 Å². The van der Waals surface area contributed by atoms with Gasteiger partial charge in [-0.1, -0.05) is 12.0 Å². The Morgan fingerprint density at radius 2 is 2.38 bits per heavy atom. The maximum Gasteiger partial charge on any atom is 0.0511 e. The topological polar surface area (TPSA) is 0 Å². The van der Waals surface area contributed by atoms with Crippen LogP contribution < -0.4 is 0 Å². The van der Waals surface area contributed by atoms with Crippen molar-refractivity contribution in [2.75, 3.05) is 0 Å². The number of allylic oxidation sites excluding steroid dienone is 1. The Balaban J connectivity index is 3.80. The van der Waals surface area contributed by atoms with E-state index in [1.54, 1.807) is 6.08 Å². The third-order valence-corrected chi connectivity index (χ3v) is 0.974. The van der Waals surface area contributed by atoms with Gasteiger partial charge in [-0.15, -0.1) is 19.1 Å². The van der Waals surface area contributed by atoms with Crippen LogP contribution in [0, 0.1) is 12.3 Å². The van der Waals surface area contributed by atoms with Crippen LogP contribution in [-0.4, -0.2) is 5.25 Å². The number of hydrogen-bond donors (Lipinski definition) is 2. The zero-order valence-corrected chi connectivity index (χ0v) is 6.42. The summed E-state index contributed by atoms with van der Waals surface area (Å²) in [4.78, 5) is 0.646. The molecule has 1 atom stereocenters. The highest BCUT2D eigenvalue weighted by molar-refractivity contribution is 7.85. The van der Waals surface area contributed by atoms with Crippen LogP contribution in [0.4, 0.5) is 0 Å².